The van der Waals surface area contributed by atoms with Crippen LogP contribution < -0.4 is 0 Å². The first-order chi connectivity index (χ1) is 12.2. The Balaban J connectivity index is 0.00000364. The standard InChI is InChI=1S/C15H28O11.2CH4/c1-5(2)23-14-12(22)10(20)13(7(4-17)25-14)26-15-11(21)9(19)8(18)6(3-16)24-15;;/h5-22H,3-4H2,1-2H3;2*1H4/t6?,7?,8-,9?,10?,11?,12?,13+,14-,15-;;/m0../s1. The van der Waals surface area contributed by atoms with Crippen molar-refractivity contribution in [2.24, 2.45) is 0 Å². The Morgan fingerprint density at radius 1 is 0.714 bits per heavy atom. The van der Waals surface area contributed by atoms with Crippen molar-refractivity contribution >= 4 is 0 Å². The van der Waals surface area contributed by atoms with Gasteiger partial charge in [-0.2, -0.15) is 0 Å². The molecule has 10 atom stereocenters. The molecule has 0 saturated carbocycles. The Morgan fingerprint density at radius 2 is 1.21 bits per heavy atom. The SMILES string of the molecule is C.C.CC(C)O[C@H]1OC(CO)[C@@H](O[C@@H]2OC(CO)[C@H](O)C(O)C2O)C(O)C1O. The normalized spacial score (nSPS) is 43.9. The third-order valence-corrected chi connectivity index (χ3v) is 4.37. The van der Waals surface area contributed by atoms with Crippen LogP contribution in [0.3, 0.4) is 0 Å². The lowest BCUT2D eigenvalue weighted by Crippen LogP contribution is -2.64. The van der Waals surface area contributed by atoms with Crippen LogP contribution in [0.1, 0.15) is 28.7 Å². The fraction of sp³-hybridized carbons (Fsp3) is 1.00. The van der Waals surface area contributed by atoms with Crippen LogP contribution in [0.15, 0.2) is 0 Å². The van der Waals surface area contributed by atoms with Crippen LogP contribution in [0.25, 0.3) is 0 Å². The summed E-state index contributed by atoms with van der Waals surface area (Å²) in [6.07, 6.45) is -14.7. The lowest BCUT2D eigenvalue weighted by Gasteiger charge is -2.46. The van der Waals surface area contributed by atoms with E-state index in [9.17, 15) is 35.7 Å². The van der Waals surface area contributed by atoms with E-state index in [4.69, 9.17) is 18.9 Å². The van der Waals surface area contributed by atoms with E-state index >= 15 is 0 Å². The molecule has 2 rings (SSSR count). The van der Waals surface area contributed by atoms with Crippen LogP contribution in [0.2, 0.25) is 0 Å². The van der Waals surface area contributed by atoms with Gasteiger partial charge in [-0.1, -0.05) is 14.9 Å². The third kappa shape index (κ3) is 5.80. The van der Waals surface area contributed by atoms with Crippen molar-refractivity contribution in [2.45, 2.75) is 96.2 Å². The van der Waals surface area contributed by atoms with E-state index in [1.54, 1.807) is 13.8 Å². The second kappa shape index (κ2) is 11.7. The molecule has 0 aliphatic carbocycles. The van der Waals surface area contributed by atoms with Crippen molar-refractivity contribution in [1.29, 1.82) is 0 Å². The van der Waals surface area contributed by atoms with E-state index in [1.807, 2.05) is 0 Å². The van der Waals surface area contributed by atoms with Gasteiger partial charge in [-0.3, -0.25) is 0 Å². The van der Waals surface area contributed by atoms with Gasteiger partial charge in [0, 0.05) is 0 Å². The highest BCUT2D eigenvalue weighted by Crippen LogP contribution is 2.29. The van der Waals surface area contributed by atoms with Gasteiger partial charge in [0.2, 0.25) is 0 Å². The first-order valence-corrected chi connectivity index (χ1v) is 8.45. The smallest absolute Gasteiger partial charge is 0.187 e. The maximum atomic E-state index is 10.3. The van der Waals surface area contributed by atoms with E-state index in [-0.39, 0.29) is 21.0 Å². The molecule has 28 heavy (non-hydrogen) atoms. The van der Waals surface area contributed by atoms with Crippen LogP contribution >= 0.6 is 0 Å². The molecular formula is C17H36O11. The number of aliphatic hydroxyl groups is 7. The van der Waals surface area contributed by atoms with E-state index in [2.05, 4.69) is 0 Å². The molecule has 11 heteroatoms. The second-order valence-electron chi connectivity index (χ2n) is 6.69. The van der Waals surface area contributed by atoms with Crippen molar-refractivity contribution in [2.75, 3.05) is 13.2 Å². The molecule has 0 amide bonds. The van der Waals surface area contributed by atoms with E-state index in [1.165, 1.54) is 0 Å². The minimum atomic E-state index is -1.69. The Morgan fingerprint density at radius 3 is 1.71 bits per heavy atom. The molecule has 2 fully saturated rings. The van der Waals surface area contributed by atoms with Crippen molar-refractivity contribution in [3.05, 3.63) is 0 Å². The number of rotatable bonds is 6. The topological polar surface area (TPSA) is 179 Å². The molecule has 0 aromatic rings. The monoisotopic (exact) mass is 416 g/mol. The van der Waals surface area contributed by atoms with Gasteiger partial charge < -0.3 is 54.7 Å². The van der Waals surface area contributed by atoms with Crippen LogP contribution in [0.4, 0.5) is 0 Å². The molecule has 6 unspecified atom stereocenters. The summed E-state index contributed by atoms with van der Waals surface area (Å²) in [6.45, 7) is 2.16. The zero-order chi connectivity index (χ0) is 19.6. The lowest BCUT2D eigenvalue weighted by molar-refractivity contribution is -0.361. The van der Waals surface area contributed by atoms with Crippen molar-refractivity contribution in [1.82, 2.24) is 0 Å². The van der Waals surface area contributed by atoms with Gasteiger partial charge in [0.15, 0.2) is 12.6 Å². The molecule has 0 aromatic carbocycles. The molecule has 2 heterocycles. The summed E-state index contributed by atoms with van der Waals surface area (Å²) in [4.78, 5) is 0. The van der Waals surface area contributed by atoms with Gasteiger partial charge in [-0.05, 0) is 13.8 Å². The highest BCUT2D eigenvalue weighted by Gasteiger charge is 2.50. The number of ether oxygens (including phenoxy) is 4. The van der Waals surface area contributed by atoms with Crippen molar-refractivity contribution in [3.8, 4) is 0 Å². The van der Waals surface area contributed by atoms with Crippen molar-refractivity contribution in [3.63, 3.8) is 0 Å². The predicted molar refractivity (Wildman–Crippen MR) is 96.1 cm³/mol. The second-order valence-corrected chi connectivity index (χ2v) is 6.69. The van der Waals surface area contributed by atoms with Gasteiger partial charge in [-0.25, -0.2) is 0 Å². The fourth-order valence-corrected chi connectivity index (χ4v) is 2.94. The molecule has 11 nitrogen and oxygen atoms in total. The molecule has 2 aliphatic rings. The lowest BCUT2D eigenvalue weighted by atomic mass is 9.97. The molecule has 2 aliphatic heterocycles. The summed E-state index contributed by atoms with van der Waals surface area (Å²) >= 11 is 0. The summed E-state index contributed by atoms with van der Waals surface area (Å²) in [5.41, 5.74) is 0. The van der Waals surface area contributed by atoms with E-state index < -0.39 is 74.6 Å². The average Bonchev–Trinajstić information content (AvgIpc) is 2.60. The molecule has 0 radical (unpaired) electrons. The summed E-state index contributed by atoms with van der Waals surface area (Å²) in [6, 6.07) is 0. The highest BCUT2D eigenvalue weighted by atomic mass is 16.7. The zero-order valence-electron chi connectivity index (χ0n) is 14.5. The minimum Gasteiger partial charge on any atom is -0.394 e. The summed E-state index contributed by atoms with van der Waals surface area (Å²) in [5.74, 6) is 0. The number of hydrogen-bond acceptors (Lipinski definition) is 11. The Bertz CT molecular complexity index is 433. The predicted octanol–water partition coefficient (Wildman–Crippen LogP) is -2.69. The van der Waals surface area contributed by atoms with Gasteiger partial charge in [0.1, 0.15) is 48.8 Å². The summed E-state index contributed by atoms with van der Waals surface area (Å²) in [7, 11) is 0. The first kappa shape index (κ1) is 27.6. The largest absolute Gasteiger partial charge is 0.394 e. The third-order valence-electron chi connectivity index (χ3n) is 4.37. The van der Waals surface area contributed by atoms with Crippen LogP contribution in [-0.4, -0.2) is 116 Å². The summed E-state index contributed by atoms with van der Waals surface area (Å²) in [5, 5.41) is 68.8. The van der Waals surface area contributed by atoms with Gasteiger partial charge in [0.25, 0.3) is 0 Å². The molecule has 0 bridgehead atoms. The maximum Gasteiger partial charge on any atom is 0.187 e. The van der Waals surface area contributed by atoms with Gasteiger partial charge in [-0.15, -0.1) is 0 Å². The summed E-state index contributed by atoms with van der Waals surface area (Å²) < 4.78 is 21.4. The minimum absolute atomic E-state index is 0. The molecule has 2 saturated heterocycles. The molecule has 0 spiro atoms. The maximum absolute atomic E-state index is 10.3. The van der Waals surface area contributed by atoms with E-state index in [0.29, 0.717) is 0 Å². The number of aliphatic hydroxyl groups excluding tert-OH is 7. The molecule has 170 valence electrons. The Hall–Kier alpha value is -0.440. The molecule has 0 aromatic heterocycles. The zero-order valence-corrected chi connectivity index (χ0v) is 14.5. The van der Waals surface area contributed by atoms with Crippen molar-refractivity contribution < 1.29 is 54.7 Å². The van der Waals surface area contributed by atoms with Gasteiger partial charge >= 0.3 is 0 Å². The van der Waals surface area contributed by atoms with Gasteiger partial charge in [0.05, 0.1) is 19.3 Å². The fourth-order valence-electron chi connectivity index (χ4n) is 2.94. The Labute approximate surface area is 165 Å². The Kier molecular flexibility index (Phi) is 11.5. The first-order valence-electron chi connectivity index (χ1n) is 8.45. The number of hydrogen-bond donors (Lipinski definition) is 7. The quantitative estimate of drug-likeness (QED) is 0.240. The average molecular weight is 416 g/mol. The molecular weight excluding hydrogens is 380 g/mol. The van der Waals surface area contributed by atoms with Crippen LogP contribution in [0.5, 0.6) is 0 Å². The molecule has 7 N–H and O–H groups in total. The van der Waals surface area contributed by atoms with Crippen LogP contribution in [-0.2, 0) is 18.9 Å². The van der Waals surface area contributed by atoms with Crippen LogP contribution in [0, 0.1) is 0 Å². The van der Waals surface area contributed by atoms with E-state index in [0.717, 1.165) is 0 Å². The highest BCUT2D eigenvalue weighted by molar-refractivity contribution is 4.94.